The number of anilines is 2. The highest BCUT2D eigenvalue weighted by molar-refractivity contribution is 5.88. The molecule has 1 radical (unpaired) electrons. The smallest absolute Gasteiger partial charge is 0.151 e. The molecule has 0 bridgehead atoms. The summed E-state index contributed by atoms with van der Waals surface area (Å²) >= 11 is 0. The van der Waals surface area contributed by atoms with E-state index >= 15 is 0 Å². The van der Waals surface area contributed by atoms with Gasteiger partial charge in [0.25, 0.3) is 0 Å². The van der Waals surface area contributed by atoms with Crippen molar-refractivity contribution in [1.82, 2.24) is 19.7 Å². The molecule has 0 amide bonds. The van der Waals surface area contributed by atoms with Gasteiger partial charge in [-0.3, -0.25) is 4.68 Å². The molecule has 29 heavy (non-hydrogen) atoms. The lowest BCUT2D eigenvalue weighted by Gasteiger charge is -2.10. The minimum Gasteiger partial charge on any atom is -0.325 e. The largest absolute Gasteiger partial charge is 0.325 e. The summed E-state index contributed by atoms with van der Waals surface area (Å²) in [5.74, 6) is 0.0503. The molecule has 5 nitrogen and oxygen atoms in total. The molecule has 4 rings (SSSR count). The van der Waals surface area contributed by atoms with Crippen LogP contribution in [-0.4, -0.2) is 19.7 Å². The molecule has 0 atom stereocenters. The highest BCUT2D eigenvalue weighted by Gasteiger charge is 2.18. The minimum absolute atomic E-state index is 0.139. The standard InChI is InChI=1S/C22H20F2N5/c1-12(2)22-16-8-14(9-17(23)21(16)28-29(22)4)15-10-20(26-11-18(15)24)27-19-7-13(3)5-6-25-19/h5-12H,3H2,1-2,4H3,(H,25,26,27). The van der Waals surface area contributed by atoms with E-state index in [-0.39, 0.29) is 17.0 Å². The van der Waals surface area contributed by atoms with Crippen molar-refractivity contribution >= 4 is 22.5 Å². The van der Waals surface area contributed by atoms with Gasteiger partial charge in [0, 0.05) is 29.9 Å². The number of aromatic nitrogens is 4. The Morgan fingerprint density at radius 1 is 1.03 bits per heavy atom. The topological polar surface area (TPSA) is 55.6 Å². The summed E-state index contributed by atoms with van der Waals surface area (Å²) in [5, 5.41) is 7.99. The first kappa shape index (κ1) is 19.0. The van der Waals surface area contributed by atoms with E-state index in [0.29, 0.717) is 22.6 Å². The van der Waals surface area contributed by atoms with Crippen LogP contribution in [0.25, 0.3) is 22.0 Å². The molecule has 3 aromatic heterocycles. The fourth-order valence-electron chi connectivity index (χ4n) is 3.52. The number of rotatable bonds is 4. The quantitative estimate of drug-likeness (QED) is 0.508. The van der Waals surface area contributed by atoms with Gasteiger partial charge in [-0.25, -0.2) is 18.7 Å². The van der Waals surface area contributed by atoms with E-state index in [1.807, 2.05) is 13.8 Å². The van der Waals surface area contributed by atoms with Gasteiger partial charge in [0.2, 0.25) is 0 Å². The van der Waals surface area contributed by atoms with Gasteiger partial charge in [0.05, 0.1) is 6.20 Å². The molecular formula is C22H20F2N5. The Kier molecular flexibility index (Phi) is 4.74. The number of benzene rings is 1. The van der Waals surface area contributed by atoms with Crippen LogP contribution in [0.2, 0.25) is 0 Å². The van der Waals surface area contributed by atoms with Crippen LogP contribution in [-0.2, 0) is 7.05 Å². The van der Waals surface area contributed by atoms with Gasteiger partial charge >= 0.3 is 0 Å². The fraction of sp³-hybridized carbons (Fsp3) is 0.182. The van der Waals surface area contributed by atoms with Gasteiger partial charge in [-0.2, -0.15) is 5.10 Å². The highest BCUT2D eigenvalue weighted by Crippen LogP contribution is 2.33. The summed E-state index contributed by atoms with van der Waals surface area (Å²) in [6.07, 6.45) is 2.73. The van der Waals surface area contributed by atoms with Crippen molar-refractivity contribution < 1.29 is 8.78 Å². The SMILES string of the molecule is [CH2]c1ccnc(Nc2cc(-c3cc(F)c4nn(C)c(C(C)C)c4c3)c(F)cn2)c1. The van der Waals surface area contributed by atoms with E-state index < -0.39 is 11.6 Å². The van der Waals surface area contributed by atoms with E-state index in [0.717, 1.165) is 17.5 Å². The maximum Gasteiger partial charge on any atom is 0.151 e. The maximum absolute atomic E-state index is 14.8. The number of pyridine rings is 2. The Labute approximate surface area is 167 Å². The van der Waals surface area contributed by atoms with Crippen LogP contribution < -0.4 is 5.32 Å². The average Bonchev–Trinajstić information content (AvgIpc) is 3.00. The number of hydrogen-bond donors (Lipinski definition) is 1. The van der Waals surface area contributed by atoms with Gasteiger partial charge in [-0.1, -0.05) is 13.8 Å². The van der Waals surface area contributed by atoms with E-state index in [4.69, 9.17) is 0 Å². The molecule has 7 heteroatoms. The highest BCUT2D eigenvalue weighted by atomic mass is 19.1. The van der Waals surface area contributed by atoms with Gasteiger partial charge in [0.15, 0.2) is 5.82 Å². The van der Waals surface area contributed by atoms with E-state index in [1.54, 1.807) is 42.2 Å². The summed E-state index contributed by atoms with van der Waals surface area (Å²) in [4.78, 5) is 8.26. The first-order valence-corrected chi connectivity index (χ1v) is 9.20. The van der Waals surface area contributed by atoms with Gasteiger partial charge < -0.3 is 5.32 Å². The number of hydrogen-bond acceptors (Lipinski definition) is 4. The maximum atomic E-state index is 14.8. The second-order valence-electron chi connectivity index (χ2n) is 7.24. The van der Waals surface area contributed by atoms with Crippen molar-refractivity contribution in [3.63, 3.8) is 0 Å². The number of fused-ring (bicyclic) bond motifs is 1. The lowest BCUT2D eigenvalue weighted by molar-refractivity contribution is 0.622. The third-order valence-electron chi connectivity index (χ3n) is 4.73. The predicted molar refractivity (Wildman–Crippen MR) is 110 cm³/mol. The van der Waals surface area contributed by atoms with Gasteiger partial charge in [-0.15, -0.1) is 0 Å². The zero-order valence-corrected chi connectivity index (χ0v) is 16.4. The molecule has 0 unspecified atom stereocenters. The van der Waals surface area contributed by atoms with Crippen molar-refractivity contribution in [1.29, 1.82) is 0 Å². The fourth-order valence-corrected chi connectivity index (χ4v) is 3.52. The molecule has 4 aromatic rings. The first-order valence-electron chi connectivity index (χ1n) is 9.20. The van der Waals surface area contributed by atoms with Gasteiger partial charge in [-0.05, 0) is 54.3 Å². The Morgan fingerprint density at radius 3 is 2.52 bits per heavy atom. The molecule has 0 saturated carbocycles. The third-order valence-corrected chi connectivity index (χ3v) is 4.73. The molecule has 0 fully saturated rings. The number of halogens is 2. The summed E-state index contributed by atoms with van der Waals surface area (Å²) < 4.78 is 31.0. The van der Waals surface area contributed by atoms with Crippen LogP contribution >= 0.6 is 0 Å². The molecule has 0 aliphatic rings. The van der Waals surface area contributed by atoms with Crippen LogP contribution in [0.3, 0.4) is 0 Å². The molecule has 147 valence electrons. The Bertz CT molecular complexity index is 1210. The van der Waals surface area contributed by atoms with E-state index in [1.165, 1.54) is 6.07 Å². The molecular weight excluding hydrogens is 372 g/mol. The Hall–Kier alpha value is -3.35. The number of nitrogens with one attached hydrogen (secondary N) is 1. The molecule has 0 saturated heterocycles. The van der Waals surface area contributed by atoms with Crippen LogP contribution in [0, 0.1) is 18.6 Å². The van der Waals surface area contributed by atoms with Crippen molar-refractivity contribution in [3.8, 4) is 11.1 Å². The van der Waals surface area contributed by atoms with Crippen LogP contribution in [0.4, 0.5) is 20.4 Å². The van der Waals surface area contributed by atoms with E-state index in [9.17, 15) is 8.78 Å². The van der Waals surface area contributed by atoms with Crippen molar-refractivity contribution in [2.24, 2.45) is 7.05 Å². The zero-order valence-electron chi connectivity index (χ0n) is 16.4. The molecule has 3 heterocycles. The first-order chi connectivity index (χ1) is 13.8. The second-order valence-corrected chi connectivity index (χ2v) is 7.24. The summed E-state index contributed by atoms with van der Waals surface area (Å²) in [7, 11) is 1.78. The summed E-state index contributed by atoms with van der Waals surface area (Å²) in [5.41, 5.74) is 2.63. The zero-order chi connectivity index (χ0) is 20.7. The van der Waals surface area contributed by atoms with Gasteiger partial charge in [0.1, 0.15) is 23.0 Å². The third kappa shape index (κ3) is 3.55. The molecule has 1 aromatic carbocycles. The predicted octanol–water partition coefficient (Wildman–Crippen LogP) is 5.36. The van der Waals surface area contributed by atoms with Crippen LogP contribution in [0.5, 0.6) is 0 Å². The lowest BCUT2D eigenvalue weighted by Crippen LogP contribution is -1.99. The monoisotopic (exact) mass is 392 g/mol. The summed E-state index contributed by atoms with van der Waals surface area (Å²) in [6.45, 7) is 7.88. The summed E-state index contributed by atoms with van der Waals surface area (Å²) in [6, 6.07) is 8.14. The van der Waals surface area contributed by atoms with E-state index in [2.05, 4.69) is 27.3 Å². The Morgan fingerprint density at radius 2 is 1.79 bits per heavy atom. The van der Waals surface area contributed by atoms with Crippen LogP contribution in [0.15, 0.2) is 42.7 Å². The Balaban J connectivity index is 1.82. The second kappa shape index (κ2) is 7.24. The van der Waals surface area contributed by atoms with Crippen molar-refractivity contribution in [2.45, 2.75) is 19.8 Å². The van der Waals surface area contributed by atoms with Crippen LogP contribution in [0.1, 0.15) is 31.0 Å². The van der Waals surface area contributed by atoms with Crippen molar-refractivity contribution in [2.75, 3.05) is 5.32 Å². The molecule has 0 aliphatic heterocycles. The normalized spacial score (nSPS) is 11.4. The molecule has 0 spiro atoms. The average molecular weight is 392 g/mol. The number of nitrogens with zero attached hydrogens (tertiary/aromatic N) is 4. The molecule has 0 aliphatic carbocycles. The molecule has 1 N–H and O–H groups in total. The lowest BCUT2D eigenvalue weighted by atomic mass is 10.00. The van der Waals surface area contributed by atoms with Crippen molar-refractivity contribution in [3.05, 3.63) is 72.5 Å². The number of aryl methyl sites for hydroxylation is 1. The minimum atomic E-state index is -0.539.